The first kappa shape index (κ1) is 15.1. The maximum absolute atomic E-state index is 4.75. The number of anilines is 1. The van der Waals surface area contributed by atoms with Crippen LogP contribution in [0.5, 0.6) is 0 Å². The van der Waals surface area contributed by atoms with Gasteiger partial charge in [0.2, 0.25) is 0 Å². The van der Waals surface area contributed by atoms with Crippen LogP contribution in [0.1, 0.15) is 62.6 Å². The summed E-state index contributed by atoms with van der Waals surface area (Å²) >= 11 is 0. The van der Waals surface area contributed by atoms with Crippen LogP contribution in [0.15, 0.2) is 24.8 Å². The minimum absolute atomic E-state index is 1.08. The predicted molar refractivity (Wildman–Crippen MR) is 87.3 cm³/mol. The highest BCUT2D eigenvalue weighted by molar-refractivity contribution is 5.46. The van der Waals surface area contributed by atoms with Gasteiger partial charge in [0.05, 0.1) is 0 Å². The van der Waals surface area contributed by atoms with Gasteiger partial charge >= 0.3 is 0 Å². The number of allylic oxidation sites excluding steroid dienone is 1. The largest absolute Gasteiger partial charge is 0.370 e. The molecule has 0 atom stereocenters. The number of nitrogens with zero attached hydrogens (tertiary/aromatic N) is 1. The highest BCUT2D eigenvalue weighted by atomic mass is 15.0. The normalized spacial score (nSPS) is 13.6. The van der Waals surface area contributed by atoms with Crippen LogP contribution in [0.25, 0.3) is 0 Å². The van der Waals surface area contributed by atoms with E-state index in [9.17, 15) is 0 Å². The summed E-state index contributed by atoms with van der Waals surface area (Å²) in [6, 6.07) is 4.48. The lowest BCUT2D eigenvalue weighted by molar-refractivity contribution is 0.594. The Labute approximate surface area is 123 Å². The number of pyridine rings is 1. The molecule has 0 amide bonds. The van der Waals surface area contributed by atoms with Crippen LogP contribution >= 0.6 is 0 Å². The summed E-state index contributed by atoms with van der Waals surface area (Å²) in [7, 11) is 0. The van der Waals surface area contributed by atoms with E-state index < -0.39 is 0 Å². The Morgan fingerprint density at radius 2 is 1.90 bits per heavy atom. The van der Waals surface area contributed by atoms with Crippen molar-refractivity contribution in [2.75, 3.05) is 11.9 Å². The molecule has 0 fully saturated rings. The summed E-state index contributed by atoms with van der Waals surface area (Å²) in [6.07, 6.45) is 14.7. The number of fused-ring (bicyclic) bond motifs is 1. The van der Waals surface area contributed by atoms with Gasteiger partial charge in [-0.1, -0.05) is 37.8 Å². The third-order valence-electron chi connectivity index (χ3n) is 4.04. The number of aromatic nitrogens is 1. The first-order valence-corrected chi connectivity index (χ1v) is 8.24. The summed E-state index contributed by atoms with van der Waals surface area (Å²) in [5.74, 6) is 1.14. The van der Waals surface area contributed by atoms with Crippen molar-refractivity contribution in [2.45, 2.75) is 64.2 Å². The second-order valence-electron chi connectivity index (χ2n) is 5.79. The van der Waals surface area contributed by atoms with Crippen LogP contribution in [0.2, 0.25) is 0 Å². The SMILES string of the molecule is C=CCCCCCCCCc1ccc2c(n1)NCCC2. The number of unbranched alkanes of at least 4 members (excludes halogenated alkanes) is 6. The minimum Gasteiger partial charge on any atom is -0.370 e. The quantitative estimate of drug-likeness (QED) is 0.511. The Kier molecular flexibility index (Phi) is 6.62. The van der Waals surface area contributed by atoms with E-state index in [2.05, 4.69) is 24.0 Å². The van der Waals surface area contributed by atoms with Crippen molar-refractivity contribution >= 4 is 5.82 Å². The first-order valence-electron chi connectivity index (χ1n) is 8.24. The van der Waals surface area contributed by atoms with E-state index in [-0.39, 0.29) is 0 Å². The molecule has 2 heterocycles. The van der Waals surface area contributed by atoms with Crippen molar-refractivity contribution in [1.82, 2.24) is 4.98 Å². The van der Waals surface area contributed by atoms with Gasteiger partial charge in [-0.25, -0.2) is 4.98 Å². The van der Waals surface area contributed by atoms with Crippen molar-refractivity contribution in [3.63, 3.8) is 0 Å². The Morgan fingerprint density at radius 1 is 1.10 bits per heavy atom. The zero-order valence-electron chi connectivity index (χ0n) is 12.7. The van der Waals surface area contributed by atoms with Crippen LogP contribution in [0.4, 0.5) is 5.82 Å². The maximum atomic E-state index is 4.75. The van der Waals surface area contributed by atoms with Gasteiger partial charge in [-0.3, -0.25) is 0 Å². The number of rotatable bonds is 9. The summed E-state index contributed by atoms with van der Waals surface area (Å²) in [5, 5.41) is 3.41. The van der Waals surface area contributed by atoms with E-state index in [1.54, 1.807) is 0 Å². The zero-order chi connectivity index (χ0) is 14.0. The van der Waals surface area contributed by atoms with E-state index in [1.165, 1.54) is 69.0 Å². The molecule has 20 heavy (non-hydrogen) atoms. The van der Waals surface area contributed by atoms with Crippen molar-refractivity contribution < 1.29 is 0 Å². The van der Waals surface area contributed by atoms with Gasteiger partial charge in [0.15, 0.2) is 0 Å². The fourth-order valence-corrected chi connectivity index (χ4v) is 2.81. The number of aryl methyl sites for hydroxylation is 2. The third-order valence-corrected chi connectivity index (χ3v) is 4.04. The van der Waals surface area contributed by atoms with Gasteiger partial charge in [0.1, 0.15) is 5.82 Å². The van der Waals surface area contributed by atoms with Crippen LogP contribution in [0.3, 0.4) is 0 Å². The molecule has 1 N–H and O–H groups in total. The zero-order valence-corrected chi connectivity index (χ0v) is 12.7. The Morgan fingerprint density at radius 3 is 2.75 bits per heavy atom. The summed E-state index contributed by atoms with van der Waals surface area (Å²) in [6.45, 7) is 4.84. The number of hydrogen-bond acceptors (Lipinski definition) is 2. The van der Waals surface area contributed by atoms with Crippen molar-refractivity contribution in [3.05, 3.63) is 36.0 Å². The summed E-state index contributed by atoms with van der Waals surface area (Å²) < 4.78 is 0. The monoisotopic (exact) mass is 272 g/mol. The van der Waals surface area contributed by atoms with Gasteiger partial charge in [-0.05, 0) is 50.2 Å². The minimum atomic E-state index is 1.08. The molecule has 0 unspecified atom stereocenters. The Bertz CT molecular complexity index is 412. The summed E-state index contributed by atoms with van der Waals surface area (Å²) in [4.78, 5) is 4.75. The predicted octanol–water partition coefficient (Wildman–Crippen LogP) is 4.90. The molecule has 1 aliphatic rings. The molecule has 0 radical (unpaired) electrons. The van der Waals surface area contributed by atoms with E-state index in [0.717, 1.165) is 18.8 Å². The molecular weight excluding hydrogens is 244 g/mol. The van der Waals surface area contributed by atoms with Crippen molar-refractivity contribution in [2.24, 2.45) is 0 Å². The average Bonchev–Trinajstić information content (AvgIpc) is 2.50. The van der Waals surface area contributed by atoms with Gasteiger partial charge < -0.3 is 5.32 Å². The summed E-state index contributed by atoms with van der Waals surface area (Å²) in [5.41, 5.74) is 2.65. The van der Waals surface area contributed by atoms with E-state index in [4.69, 9.17) is 4.98 Å². The molecule has 2 rings (SSSR count). The standard InChI is InChI=1S/C18H28N2/c1-2-3-4-5-6-7-8-9-12-17-14-13-16-11-10-15-19-18(16)20-17/h2,13-14H,1,3-12,15H2,(H,19,20). The van der Waals surface area contributed by atoms with Crippen molar-refractivity contribution in [3.8, 4) is 0 Å². The highest BCUT2D eigenvalue weighted by Gasteiger charge is 2.09. The van der Waals surface area contributed by atoms with Crippen LogP contribution in [-0.2, 0) is 12.8 Å². The molecule has 0 aliphatic carbocycles. The van der Waals surface area contributed by atoms with Gasteiger partial charge in [-0.15, -0.1) is 6.58 Å². The fourth-order valence-electron chi connectivity index (χ4n) is 2.81. The van der Waals surface area contributed by atoms with Crippen molar-refractivity contribution in [1.29, 1.82) is 0 Å². The topological polar surface area (TPSA) is 24.9 Å². The van der Waals surface area contributed by atoms with Gasteiger partial charge in [-0.2, -0.15) is 0 Å². The average molecular weight is 272 g/mol. The van der Waals surface area contributed by atoms with Gasteiger partial charge in [0.25, 0.3) is 0 Å². The Balaban J connectivity index is 1.61. The third kappa shape index (κ3) is 4.99. The number of hydrogen-bond donors (Lipinski definition) is 1. The molecule has 2 nitrogen and oxygen atoms in total. The van der Waals surface area contributed by atoms with E-state index in [0.29, 0.717) is 0 Å². The molecule has 0 saturated carbocycles. The highest BCUT2D eigenvalue weighted by Crippen LogP contribution is 2.20. The molecule has 1 aliphatic heterocycles. The molecule has 0 aromatic carbocycles. The van der Waals surface area contributed by atoms with E-state index >= 15 is 0 Å². The lowest BCUT2D eigenvalue weighted by Crippen LogP contribution is -2.13. The molecular formula is C18H28N2. The second kappa shape index (κ2) is 8.78. The van der Waals surface area contributed by atoms with Crippen LogP contribution in [-0.4, -0.2) is 11.5 Å². The first-order chi connectivity index (χ1) is 9.90. The molecule has 0 saturated heterocycles. The van der Waals surface area contributed by atoms with E-state index in [1.807, 2.05) is 6.08 Å². The molecule has 1 aromatic rings. The second-order valence-corrected chi connectivity index (χ2v) is 5.79. The molecule has 0 bridgehead atoms. The lowest BCUT2D eigenvalue weighted by Gasteiger charge is -2.17. The molecule has 2 heteroatoms. The fraction of sp³-hybridized carbons (Fsp3) is 0.611. The molecule has 110 valence electrons. The van der Waals surface area contributed by atoms with Crippen LogP contribution < -0.4 is 5.32 Å². The lowest BCUT2D eigenvalue weighted by atomic mass is 10.0. The maximum Gasteiger partial charge on any atom is 0.129 e. The van der Waals surface area contributed by atoms with Gasteiger partial charge in [0, 0.05) is 12.2 Å². The smallest absolute Gasteiger partial charge is 0.129 e. The molecule has 1 aromatic heterocycles. The number of nitrogens with one attached hydrogen (secondary N) is 1. The molecule has 0 spiro atoms. The van der Waals surface area contributed by atoms with Crippen LogP contribution in [0, 0.1) is 0 Å². The Hall–Kier alpha value is -1.31.